The van der Waals surface area contributed by atoms with Gasteiger partial charge in [-0.25, -0.2) is 9.96 Å². The van der Waals surface area contributed by atoms with Crippen LogP contribution in [0.1, 0.15) is 17.2 Å². The summed E-state index contributed by atoms with van der Waals surface area (Å²) in [6.45, 7) is 1.88. The third-order valence-corrected chi connectivity index (χ3v) is 5.81. The fourth-order valence-electron chi connectivity index (χ4n) is 4.40. The van der Waals surface area contributed by atoms with Crippen molar-refractivity contribution in [3.63, 3.8) is 0 Å². The fourth-order valence-corrected chi connectivity index (χ4v) is 4.40. The highest BCUT2D eigenvalue weighted by molar-refractivity contribution is 6.24. The van der Waals surface area contributed by atoms with E-state index in [2.05, 4.69) is 0 Å². The van der Waals surface area contributed by atoms with E-state index in [4.69, 9.17) is 4.84 Å². The monoisotopic (exact) mass is 429 g/mol. The Morgan fingerprint density at radius 3 is 2.31 bits per heavy atom. The first-order valence-corrected chi connectivity index (χ1v) is 10.2. The van der Waals surface area contributed by atoms with Crippen molar-refractivity contribution in [1.82, 2.24) is 0 Å². The van der Waals surface area contributed by atoms with Crippen LogP contribution in [-0.4, -0.2) is 22.8 Å². The summed E-state index contributed by atoms with van der Waals surface area (Å²) in [4.78, 5) is 44.9. The second kappa shape index (κ2) is 7.58. The predicted octanol–water partition coefficient (Wildman–Crippen LogP) is 3.95. The Balaban J connectivity index is 1.61. The van der Waals surface area contributed by atoms with Gasteiger partial charge in [0.1, 0.15) is 5.92 Å². The number of carbonyl (C=O) groups is 2. The summed E-state index contributed by atoms with van der Waals surface area (Å²) in [5.74, 6) is -1.68. The molecule has 2 aliphatic heterocycles. The lowest BCUT2D eigenvalue weighted by molar-refractivity contribution is -0.384. The minimum atomic E-state index is -1.02. The minimum absolute atomic E-state index is 0.0914. The second-order valence-corrected chi connectivity index (χ2v) is 7.86. The van der Waals surface area contributed by atoms with Gasteiger partial charge in [0.2, 0.25) is 5.91 Å². The number of nitrogens with zero attached hydrogens (tertiary/aromatic N) is 3. The number of amides is 2. The largest absolute Gasteiger partial charge is 0.273 e. The average molecular weight is 429 g/mol. The Kier molecular flexibility index (Phi) is 4.71. The van der Waals surface area contributed by atoms with Gasteiger partial charge in [0.05, 0.1) is 22.3 Å². The van der Waals surface area contributed by atoms with Gasteiger partial charge in [-0.3, -0.25) is 24.5 Å². The molecule has 3 aromatic carbocycles. The molecule has 0 saturated carbocycles. The summed E-state index contributed by atoms with van der Waals surface area (Å²) in [7, 11) is 0. The summed E-state index contributed by atoms with van der Waals surface area (Å²) in [5, 5.41) is 12.9. The molecule has 2 heterocycles. The van der Waals surface area contributed by atoms with Crippen molar-refractivity contribution in [2.24, 2.45) is 5.92 Å². The molecular weight excluding hydrogens is 410 g/mol. The number of benzene rings is 3. The quantitative estimate of drug-likeness (QED) is 0.354. The van der Waals surface area contributed by atoms with Crippen LogP contribution in [0.15, 0.2) is 78.9 Å². The second-order valence-electron chi connectivity index (χ2n) is 7.86. The lowest BCUT2D eigenvalue weighted by Crippen LogP contribution is -2.37. The first kappa shape index (κ1) is 19.9. The van der Waals surface area contributed by atoms with E-state index in [-0.39, 0.29) is 11.6 Å². The number of fused-ring (bicyclic) bond motifs is 1. The van der Waals surface area contributed by atoms with Crippen molar-refractivity contribution in [3.8, 4) is 0 Å². The number of anilines is 2. The van der Waals surface area contributed by atoms with Crippen molar-refractivity contribution in [2.75, 3.05) is 9.96 Å². The molecule has 2 aliphatic rings. The van der Waals surface area contributed by atoms with Crippen molar-refractivity contribution in [3.05, 3.63) is 100 Å². The zero-order valence-electron chi connectivity index (χ0n) is 17.1. The maximum absolute atomic E-state index is 13.6. The van der Waals surface area contributed by atoms with Crippen molar-refractivity contribution in [1.29, 1.82) is 0 Å². The van der Waals surface area contributed by atoms with Crippen molar-refractivity contribution in [2.45, 2.75) is 19.1 Å². The van der Waals surface area contributed by atoms with E-state index in [0.29, 0.717) is 16.9 Å². The van der Waals surface area contributed by atoms with Crippen LogP contribution in [0.3, 0.4) is 0 Å². The molecule has 3 aromatic rings. The third-order valence-electron chi connectivity index (χ3n) is 5.81. The van der Waals surface area contributed by atoms with E-state index in [1.165, 1.54) is 17.2 Å². The van der Waals surface area contributed by atoms with Gasteiger partial charge >= 0.3 is 0 Å². The molecule has 8 heteroatoms. The predicted molar refractivity (Wildman–Crippen MR) is 117 cm³/mol. The number of rotatable bonds is 4. The number of hydrogen-bond donors (Lipinski definition) is 0. The number of nitro groups is 1. The number of aryl methyl sites for hydroxylation is 1. The van der Waals surface area contributed by atoms with Gasteiger partial charge in [0.25, 0.3) is 11.6 Å². The number of para-hydroxylation sites is 1. The zero-order valence-corrected chi connectivity index (χ0v) is 17.1. The molecule has 0 radical (unpaired) electrons. The smallest absolute Gasteiger partial charge is 0.269 e. The summed E-state index contributed by atoms with van der Waals surface area (Å²) in [5.41, 5.74) is 2.50. The Morgan fingerprint density at radius 1 is 0.875 bits per heavy atom. The number of hydroxylamine groups is 1. The van der Waals surface area contributed by atoms with Gasteiger partial charge in [-0.1, -0.05) is 42.5 Å². The number of carbonyl (C=O) groups excluding carboxylic acids is 2. The lowest BCUT2D eigenvalue weighted by Gasteiger charge is -2.28. The topological polar surface area (TPSA) is 93.0 Å². The molecule has 5 rings (SSSR count). The van der Waals surface area contributed by atoms with Crippen LogP contribution in [0, 0.1) is 23.0 Å². The van der Waals surface area contributed by atoms with Crippen molar-refractivity contribution < 1.29 is 19.3 Å². The van der Waals surface area contributed by atoms with Gasteiger partial charge in [-0.15, -0.1) is 0 Å². The van der Waals surface area contributed by atoms with E-state index in [1.807, 2.05) is 31.2 Å². The SMILES string of the molecule is Cc1cccc(N2C(=O)[C@H]3[C@H](ON(c4ccccc4)[C@H]3c3cccc([N+](=O)[O-])c3)C2=O)c1. The van der Waals surface area contributed by atoms with Gasteiger partial charge in [0, 0.05) is 12.1 Å². The summed E-state index contributed by atoms with van der Waals surface area (Å²) >= 11 is 0. The Morgan fingerprint density at radius 2 is 1.59 bits per heavy atom. The Bertz CT molecular complexity index is 1230. The van der Waals surface area contributed by atoms with Crippen LogP contribution >= 0.6 is 0 Å². The molecule has 0 bridgehead atoms. The number of imide groups is 1. The first-order chi connectivity index (χ1) is 15.5. The highest BCUT2D eigenvalue weighted by atomic mass is 16.7. The minimum Gasteiger partial charge on any atom is -0.273 e. The first-order valence-electron chi connectivity index (χ1n) is 10.2. The summed E-state index contributed by atoms with van der Waals surface area (Å²) in [6, 6.07) is 21.7. The molecule has 3 atom stereocenters. The van der Waals surface area contributed by atoms with Crippen molar-refractivity contribution >= 4 is 28.9 Å². The average Bonchev–Trinajstić information content (AvgIpc) is 3.30. The van der Waals surface area contributed by atoms with E-state index in [1.54, 1.807) is 42.5 Å². The summed E-state index contributed by atoms with van der Waals surface area (Å²) < 4.78 is 0. The van der Waals surface area contributed by atoms with Crippen LogP contribution < -0.4 is 9.96 Å². The lowest BCUT2D eigenvalue weighted by atomic mass is 9.90. The van der Waals surface area contributed by atoms with Gasteiger partial charge < -0.3 is 0 Å². The molecule has 2 saturated heterocycles. The molecule has 0 aliphatic carbocycles. The van der Waals surface area contributed by atoms with Crippen LogP contribution in [0.4, 0.5) is 17.1 Å². The molecule has 2 fully saturated rings. The Labute approximate surface area is 183 Å². The maximum Gasteiger partial charge on any atom is 0.269 e. The number of hydrogen-bond acceptors (Lipinski definition) is 6. The molecular formula is C24H19N3O5. The summed E-state index contributed by atoms with van der Waals surface area (Å²) in [6.07, 6.45) is -1.02. The molecule has 32 heavy (non-hydrogen) atoms. The van der Waals surface area contributed by atoms with Crippen LogP contribution in [0.5, 0.6) is 0 Å². The fraction of sp³-hybridized carbons (Fsp3) is 0.167. The van der Waals surface area contributed by atoms with Gasteiger partial charge in [0.15, 0.2) is 6.10 Å². The molecule has 2 amide bonds. The Hall–Kier alpha value is -4.04. The molecule has 0 aromatic heterocycles. The normalized spacial score (nSPS) is 22.3. The van der Waals surface area contributed by atoms with E-state index in [9.17, 15) is 19.7 Å². The highest BCUT2D eigenvalue weighted by Gasteiger charge is 2.60. The van der Waals surface area contributed by atoms with E-state index in [0.717, 1.165) is 10.5 Å². The standard InChI is InChI=1S/C24H19N3O5/c1-15-7-5-11-18(13-15)25-23(28)20-21(16-8-6-12-19(14-16)27(30)31)26(32-22(20)24(25)29)17-9-3-2-4-10-17/h2-14,20-22H,1H3/t20-,21+,22+/m1/s1. The molecule has 0 unspecified atom stereocenters. The van der Waals surface area contributed by atoms with Gasteiger partial charge in [-0.05, 0) is 42.3 Å². The van der Waals surface area contributed by atoms with E-state index < -0.39 is 28.9 Å². The number of non-ortho nitro benzene ring substituents is 1. The highest BCUT2D eigenvalue weighted by Crippen LogP contribution is 2.47. The molecule has 0 N–H and O–H groups in total. The van der Waals surface area contributed by atoms with Gasteiger partial charge in [-0.2, -0.15) is 0 Å². The number of nitro benzene ring substituents is 1. The maximum atomic E-state index is 13.6. The van der Waals surface area contributed by atoms with Crippen LogP contribution in [-0.2, 0) is 14.4 Å². The molecule has 160 valence electrons. The van der Waals surface area contributed by atoms with Crippen LogP contribution in [0.25, 0.3) is 0 Å². The third kappa shape index (κ3) is 3.12. The van der Waals surface area contributed by atoms with Crippen LogP contribution in [0.2, 0.25) is 0 Å². The molecule has 0 spiro atoms. The van der Waals surface area contributed by atoms with E-state index >= 15 is 0 Å². The molecule has 8 nitrogen and oxygen atoms in total. The zero-order chi connectivity index (χ0) is 22.4.